The lowest BCUT2D eigenvalue weighted by Crippen LogP contribution is -2.47. The van der Waals surface area contributed by atoms with E-state index in [1.165, 1.54) is 18.2 Å². The van der Waals surface area contributed by atoms with Gasteiger partial charge in [-0.15, -0.1) is 23.7 Å². The van der Waals surface area contributed by atoms with Crippen LogP contribution in [0.15, 0.2) is 91.8 Å². The second-order valence-corrected chi connectivity index (χ2v) is 25.2. The molecule has 9 aromatic rings. The molecule has 6 fully saturated rings. The summed E-state index contributed by atoms with van der Waals surface area (Å²) in [7, 11) is 0. The molecule has 3 aromatic carbocycles. The predicted octanol–water partition coefficient (Wildman–Crippen LogP) is 12.2. The zero-order valence-corrected chi connectivity index (χ0v) is 53.6. The van der Waals surface area contributed by atoms with Crippen LogP contribution in [0.25, 0.3) is 32.7 Å². The Hall–Kier alpha value is -8.65. The predicted molar refractivity (Wildman–Crippen MR) is 357 cm³/mol. The molecule has 6 aliphatic rings. The fourth-order valence-corrected chi connectivity index (χ4v) is 13.6. The molecular weight excluding hydrogens is 1250 g/mol. The topological polar surface area (TPSA) is 198 Å². The summed E-state index contributed by atoms with van der Waals surface area (Å²) in [6.07, 6.45) is 16.4. The molecule has 12 heterocycles. The first kappa shape index (κ1) is 62.2. The van der Waals surface area contributed by atoms with Gasteiger partial charge in [-0.25, -0.2) is 53.6 Å². The van der Waals surface area contributed by atoms with E-state index in [9.17, 15) is 8.78 Å². The average Bonchev–Trinajstić information content (AvgIpc) is 0.798. The zero-order valence-electron chi connectivity index (χ0n) is 50.6. The number of benzene rings is 3. The highest BCUT2D eigenvalue weighted by molar-refractivity contribution is 6.35. The Labute approximate surface area is 551 Å². The van der Waals surface area contributed by atoms with E-state index in [0.717, 1.165) is 136 Å². The molecule has 0 spiro atoms. The highest BCUT2D eigenvalue weighted by atomic mass is 35.5. The van der Waals surface area contributed by atoms with E-state index < -0.39 is 5.82 Å². The van der Waals surface area contributed by atoms with Gasteiger partial charge in [0.15, 0.2) is 17.5 Å². The molecule has 0 saturated carbocycles. The van der Waals surface area contributed by atoms with Crippen LogP contribution in [0.5, 0.6) is 0 Å². The summed E-state index contributed by atoms with van der Waals surface area (Å²) in [6.45, 7) is 13.6. The van der Waals surface area contributed by atoms with Gasteiger partial charge in [0.2, 0.25) is 17.8 Å². The first-order valence-corrected chi connectivity index (χ1v) is 32.4. The van der Waals surface area contributed by atoms with Gasteiger partial charge in [-0.05, 0) is 94.8 Å². The van der Waals surface area contributed by atoms with Crippen molar-refractivity contribution < 1.29 is 8.78 Å². The highest BCUT2D eigenvalue weighted by Crippen LogP contribution is 2.40. The lowest BCUT2D eigenvalue weighted by atomic mass is 9.94. The van der Waals surface area contributed by atoms with E-state index in [4.69, 9.17) is 56.6 Å². The molecule has 6 saturated heterocycles. The molecule has 19 nitrogen and oxygen atoms in total. The van der Waals surface area contributed by atoms with Crippen LogP contribution in [0.4, 0.5) is 44.1 Å². The lowest BCUT2D eigenvalue weighted by Gasteiger charge is -2.41. The largest absolute Gasteiger partial charge is 0.355 e. The smallest absolute Gasteiger partial charge is 0.227 e. The number of hydrogen-bond donors (Lipinski definition) is 0. The second kappa shape index (κ2) is 27.7. The van der Waals surface area contributed by atoms with E-state index in [0.29, 0.717) is 87.5 Å². The number of nitrogens with zero attached hydrogens (tertiary/aromatic N) is 19. The van der Waals surface area contributed by atoms with Crippen molar-refractivity contribution in [1.29, 1.82) is 5.26 Å². The average molecular weight is 1310 g/mol. The molecule has 0 unspecified atom stereocenters. The van der Waals surface area contributed by atoms with E-state index >= 15 is 0 Å². The number of anilines is 6. The van der Waals surface area contributed by atoms with Crippen molar-refractivity contribution in [2.45, 2.75) is 70.1 Å². The number of fused-ring (bicyclic) bond motifs is 3. The standard InChI is InChI=1S/C23H22Cl2N6.C23H22ClFN6.C21H19ClFN7/c1-2-3-15-6-10-30(11-7-15)22-20(26-8-9-27-22)16-13-31(14-16)23-28-19-12-17(24)4-5-18(19)21(25)29-23;1-2-4-15-7-11-30(12-8-15)22-19(26-9-10-27-22)16-13-31(14-16)23-28-20-17(21(24)29-23)5-3-6-18(20)25;22-19-16-2-1-15(23)9-17(16)27-21(28-19)30-11-14(12-30)18-20(26-6-5-25-18)29-7-3-13(10-24)4-8-29/h4-5,8-9,12,15-16H,6-7,10-11,13-14H2,1H3;3,5-6,9-10,15-16H,7-8,11-14H2,1H3;1-2,5-6,9,13-14H,3-4,7-8,11-12H2. The van der Waals surface area contributed by atoms with E-state index in [1.807, 2.05) is 35.8 Å². The fraction of sp³-hybridized carbons (Fsp3) is 0.388. The summed E-state index contributed by atoms with van der Waals surface area (Å²) < 4.78 is 27.8. The fourth-order valence-electron chi connectivity index (χ4n) is 12.8. The van der Waals surface area contributed by atoms with Crippen molar-refractivity contribution in [3.8, 4) is 29.8 Å². The monoisotopic (exact) mass is 1310 g/mol. The summed E-state index contributed by atoms with van der Waals surface area (Å²) in [4.78, 5) is 67.8. The third kappa shape index (κ3) is 13.3. The molecule has 0 bridgehead atoms. The van der Waals surface area contributed by atoms with Crippen molar-refractivity contribution in [1.82, 2.24) is 59.8 Å². The van der Waals surface area contributed by atoms with Crippen LogP contribution in [0, 0.1) is 64.4 Å². The highest BCUT2D eigenvalue weighted by Gasteiger charge is 2.38. The van der Waals surface area contributed by atoms with Gasteiger partial charge in [-0.1, -0.05) is 52.5 Å². The molecule has 0 amide bonds. The van der Waals surface area contributed by atoms with Crippen LogP contribution in [0.1, 0.15) is 87.2 Å². The Balaban J connectivity index is 0.000000126. The molecule has 92 heavy (non-hydrogen) atoms. The molecule has 468 valence electrons. The van der Waals surface area contributed by atoms with Gasteiger partial charge in [0.25, 0.3) is 0 Å². The number of hydrogen-bond acceptors (Lipinski definition) is 19. The maximum absolute atomic E-state index is 14.2. The number of rotatable bonds is 9. The molecule has 0 atom stereocenters. The third-order valence-electron chi connectivity index (χ3n) is 17.9. The molecule has 6 aromatic heterocycles. The Morgan fingerprint density at radius 2 is 0.826 bits per heavy atom. The minimum absolute atomic E-state index is 0.125. The van der Waals surface area contributed by atoms with Crippen LogP contribution >= 0.6 is 46.4 Å². The van der Waals surface area contributed by atoms with Crippen molar-refractivity contribution in [3.05, 3.63) is 141 Å². The number of nitriles is 1. The molecule has 6 aliphatic heterocycles. The second-order valence-electron chi connectivity index (χ2n) is 23.7. The van der Waals surface area contributed by atoms with Gasteiger partial charge in [0.1, 0.15) is 32.6 Å². The summed E-state index contributed by atoms with van der Waals surface area (Å²) in [5.74, 6) is 18.1. The van der Waals surface area contributed by atoms with Gasteiger partial charge >= 0.3 is 0 Å². The SMILES string of the molecule is CC#CC1CCN(c2nccnc2C2CN(c3nc(Cl)c4ccc(Cl)cc4n3)C2)CC1.CC#CC1CCN(c2nccnc2C2CN(c3nc(Cl)c4cccc(F)c4n3)C2)CC1.N#CC1CCN(c2nccnc2C2CN(c3nc(Cl)c4ccc(F)cc4n3)C2)CC1. The summed E-state index contributed by atoms with van der Waals surface area (Å²) in [5, 5.41) is 12.8. The number of aromatic nitrogens is 12. The van der Waals surface area contributed by atoms with Gasteiger partial charge in [-0.2, -0.15) is 5.26 Å². The van der Waals surface area contributed by atoms with Crippen molar-refractivity contribution in [3.63, 3.8) is 0 Å². The minimum atomic E-state index is -0.396. The van der Waals surface area contributed by atoms with Gasteiger partial charge < -0.3 is 29.4 Å². The first-order chi connectivity index (χ1) is 44.9. The normalized spacial score (nSPS) is 17.5. The van der Waals surface area contributed by atoms with Crippen LogP contribution in [-0.4, -0.2) is 138 Å². The van der Waals surface area contributed by atoms with Gasteiger partial charge in [0.05, 0.1) is 34.2 Å². The lowest BCUT2D eigenvalue weighted by molar-refractivity contribution is 0.472. The van der Waals surface area contributed by atoms with E-state index in [2.05, 4.69) is 104 Å². The summed E-state index contributed by atoms with van der Waals surface area (Å²) in [5.41, 5.74) is 4.50. The quantitative estimate of drug-likeness (QED) is 0.0975. The summed E-state index contributed by atoms with van der Waals surface area (Å²) in [6, 6.07) is 16.9. The molecule has 0 radical (unpaired) electrons. The maximum atomic E-state index is 14.2. The van der Waals surface area contributed by atoms with Crippen molar-refractivity contribution >= 4 is 114 Å². The van der Waals surface area contributed by atoms with E-state index in [-0.39, 0.29) is 40.2 Å². The molecule has 15 rings (SSSR count). The molecule has 0 aliphatic carbocycles. The Morgan fingerprint density at radius 3 is 1.26 bits per heavy atom. The molecule has 0 N–H and O–H groups in total. The number of halogens is 6. The minimum Gasteiger partial charge on any atom is -0.355 e. The summed E-state index contributed by atoms with van der Waals surface area (Å²) >= 11 is 25.1. The Kier molecular flexibility index (Phi) is 18.7. The first-order valence-electron chi connectivity index (χ1n) is 30.9. The third-order valence-corrected chi connectivity index (χ3v) is 19.0. The van der Waals surface area contributed by atoms with Crippen LogP contribution in [0.3, 0.4) is 0 Å². The van der Waals surface area contributed by atoms with Crippen LogP contribution < -0.4 is 29.4 Å². The number of para-hydroxylation sites is 1. The van der Waals surface area contributed by atoms with Crippen molar-refractivity contribution in [2.24, 2.45) is 17.8 Å². The Bertz CT molecular complexity index is 4360. The van der Waals surface area contributed by atoms with Crippen molar-refractivity contribution in [2.75, 3.05) is 108 Å². The maximum Gasteiger partial charge on any atom is 0.227 e. The molecule has 25 heteroatoms. The molecular formula is C67H63Cl4F2N19. The van der Waals surface area contributed by atoms with Crippen LogP contribution in [-0.2, 0) is 0 Å². The Morgan fingerprint density at radius 1 is 0.435 bits per heavy atom. The van der Waals surface area contributed by atoms with Crippen LogP contribution in [0.2, 0.25) is 20.5 Å². The van der Waals surface area contributed by atoms with E-state index in [1.54, 1.807) is 61.4 Å². The van der Waals surface area contributed by atoms with Gasteiger partial charge in [-0.3, -0.25) is 15.0 Å². The zero-order chi connectivity index (χ0) is 63.4. The van der Waals surface area contributed by atoms with Gasteiger partial charge in [0, 0.05) is 178 Å². The number of piperidine rings is 3.